The van der Waals surface area contributed by atoms with Crippen LogP contribution in [0.5, 0.6) is 0 Å². The SMILES string of the molecule is CSc1cc(-c2ccc(-c3cccc4ccccc34)cc2)ccc1N. The van der Waals surface area contributed by atoms with Gasteiger partial charge in [0.15, 0.2) is 0 Å². The number of thioether (sulfide) groups is 1. The number of hydrogen-bond acceptors (Lipinski definition) is 2. The second-order valence-electron chi connectivity index (χ2n) is 6.06. The van der Waals surface area contributed by atoms with Crippen molar-refractivity contribution in [3.63, 3.8) is 0 Å². The van der Waals surface area contributed by atoms with Crippen molar-refractivity contribution in [2.24, 2.45) is 0 Å². The van der Waals surface area contributed by atoms with Gasteiger partial charge in [-0.1, -0.05) is 72.8 Å². The maximum Gasteiger partial charge on any atom is 0.0452 e. The van der Waals surface area contributed by atoms with E-state index in [0.717, 1.165) is 10.6 Å². The van der Waals surface area contributed by atoms with Crippen molar-refractivity contribution in [3.05, 3.63) is 84.9 Å². The number of benzene rings is 4. The van der Waals surface area contributed by atoms with Crippen LogP contribution in [0.2, 0.25) is 0 Å². The summed E-state index contributed by atoms with van der Waals surface area (Å²) in [7, 11) is 0. The van der Waals surface area contributed by atoms with E-state index in [4.69, 9.17) is 5.73 Å². The molecule has 0 atom stereocenters. The van der Waals surface area contributed by atoms with Gasteiger partial charge in [0.1, 0.15) is 0 Å². The fourth-order valence-corrected chi connectivity index (χ4v) is 3.76. The first-order valence-corrected chi connectivity index (χ1v) is 9.51. The highest BCUT2D eigenvalue weighted by molar-refractivity contribution is 7.98. The molecule has 0 amide bonds. The Morgan fingerprint density at radius 2 is 1.36 bits per heavy atom. The topological polar surface area (TPSA) is 26.0 Å². The van der Waals surface area contributed by atoms with Crippen LogP contribution in [-0.2, 0) is 0 Å². The Labute approximate surface area is 152 Å². The van der Waals surface area contributed by atoms with E-state index in [-0.39, 0.29) is 0 Å². The van der Waals surface area contributed by atoms with Crippen LogP contribution in [0.4, 0.5) is 5.69 Å². The normalized spacial score (nSPS) is 10.9. The molecule has 122 valence electrons. The third-order valence-corrected chi connectivity index (χ3v) is 5.35. The molecule has 0 aliphatic heterocycles. The third-order valence-electron chi connectivity index (χ3n) is 4.55. The van der Waals surface area contributed by atoms with E-state index in [0.29, 0.717) is 0 Å². The molecule has 0 saturated heterocycles. The summed E-state index contributed by atoms with van der Waals surface area (Å²) in [5.41, 5.74) is 11.8. The molecular weight excluding hydrogens is 322 g/mol. The molecule has 4 aromatic rings. The Bertz CT molecular complexity index is 1030. The maximum absolute atomic E-state index is 6.01. The smallest absolute Gasteiger partial charge is 0.0452 e. The number of rotatable bonds is 3. The van der Waals surface area contributed by atoms with Crippen molar-refractivity contribution in [1.82, 2.24) is 0 Å². The Morgan fingerprint density at radius 3 is 2.16 bits per heavy atom. The summed E-state index contributed by atoms with van der Waals surface area (Å²) in [6.07, 6.45) is 2.05. The van der Waals surface area contributed by atoms with Crippen LogP contribution in [0.3, 0.4) is 0 Å². The molecule has 0 bridgehead atoms. The Balaban J connectivity index is 1.75. The van der Waals surface area contributed by atoms with E-state index in [1.807, 2.05) is 6.07 Å². The third kappa shape index (κ3) is 3.01. The molecule has 0 saturated carbocycles. The van der Waals surface area contributed by atoms with Gasteiger partial charge in [-0.25, -0.2) is 0 Å². The summed E-state index contributed by atoms with van der Waals surface area (Å²) in [4.78, 5) is 1.12. The van der Waals surface area contributed by atoms with Crippen molar-refractivity contribution in [1.29, 1.82) is 0 Å². The number of fused-ring (bicyclic) bond motifs is 1. The van der Waals surface area contributed by atoms with Crippen LogP contribution in [0.1, 0.15) is 0 Å². The van der Waals surface area contributed by atoms with Crippen LogP contribution < -0.4 is 5.73 Å². The first kappa shape index (κ1) is 15.8. The van der Waals surface area contributed by atoms with E-state index in [1.165, 1.54) is 33.0 Å². The molecule has 0 aromatic heterocycles. The zero-order valence-electron chi connectivity index (χ0n) is 14.1. The van der Waals surface area contributed by atoms with Crippen LogP contribution >= 0.6 is 11.8 Å². The molecule has 1 nitrogen and oxygen atoms in total. The highest BCUT2D eigenvalue weighted by Crippen LogP contribution is 2.32. The number of anilines is 1. The van der Waals surface area contributed by atoms with Gasteiger partial charge in [-0.2, -0.15) is 0 Å². The monoisotopic (exact) mass is 341 g/mol. The van der Waals surface area contributed by atoms with Crippen LogP contribution in [-0.4, -0.2) is 6.26 Å². The average molecular weight is 341 g/mol. The molecule has 0 unspecified atom stereocenters. The minimum Gasteiger partial charge on any atom is -0.398 e. The van der Waals surface area contributed by atoms with E-state index in [2.05, 4.69) is 85.1 Å². The van der Waals surface area contributed by atoms with Crippen molar-refractivity contribution in [2.45, 2.75) is 4.90 Å². The summed E-state index contributed by atoms with van der Waals surface area (Å²) in [5, 5.41) is 2.56. The average Bonchev–Trinajstić information content (AvgIpc) is 2.68. The molecule has 0 heterocycles. The summed E-state index contributed by atoms with van der Waals surface area (Å²) in [5.74, 6) is 0. The molecule has 0 spiro atoms. The second-order valence-corrected chi connectivity index (χ2v) is 6.91. The van der Waals surface area contributed by atoms with Crippen LogP contribution in [0.15, 0.2) is 89.8 Å². The quantitative estimate of drug-likeness (QED) is 0.341. The zero-order valence-corrected chi connectivity index (χ0v) is 14.9. The summed E-state index contributed by atoms with van der Waals surface area (Å²) in [6, 6.07) is 30.0. The maximum atomic E-state index is 6.01. The lowest BCUT2D eigenvalue weighted by Gasteiger charge is -2.10. The number of nitrogen functional groups attached to an aromatic ring is 1. The predicted molar refractivity (Wildman–Crippen MR) is 111 cm³/mol. The standard InChI is InChI=1S/C23H19NS/c1-25-23-15-19(13-14-22(23)24)16-9-11-18(12-10-16)21-8-4-6-17-5-2-3-7-20(17)21/h2-15H,24H2,1H3. The largest absolute Gasteiger partial charge is 0.398 e. The minimum absolute atomic E-state index is 0.837. The first-order chi connectivity index (χ1) is 12.3. The van der Waals surface area contributed by atoms with Gasteiger partial charge in [0.2, 0.25) is 0 Å². The lowest BCUT2D eigenvalue weighted by molar-refractivity contribution is 1.46. The fraction of sp³-hybridized carbons (Fsp3) is 0.0435. The van der Waals surface area contributed by atoms with Gasteiger partial charge in [0.25, 0.3) is 0 Å². The molecule has 0 aliphatic carbocycles. The van der Waals surface area contributed by atoms with E-state index >= 15 is 0 Å². The summed E-state index contributed by atoms with van der Waals surface area (Å²) < 4.78 is 0. The zero-order chi connectivity index (χ0) is 17.2. The second kappa shape index (κ2) is 6.66. The van der Waals surface area contributed by atoms with Crippen molar-refractivity contribution >= 4 is 28.2 Å². The Kier molecular flexibility index (Phi) is 4.21. The van der Waals surface area contributed by atoms with Gasteiger partial charge in [0, 0.05) is 10.6 Å². The van der Waals surface area contributed by atoms with Gasteiger partial charge in [-0.3, -0.25) is 0 Å². The molecule has 4 rings (SSSR count). The van der Waals surface area contributed by atoms with Crippen molar-refractivity contribution < 1.29 is 0 Å². The van der Waals surface area contributed by atoms with Gasteiger partial charge in [-0.05, 0) is 51.4 Å². The summed E-state index contributed by atoms with van der Waals surface area (Å²) in [6.45, 7) is 0. The van der Waals surface area contributed by atoms with Crippen LogP contribution in [0, 0.1) is 0 Å². The summed E-state index contributed by atoms with van der Waals surface area (Å²) >= 11 is 1.68. The first-order valence-electron chi connectivity index (χ1n) is 8.28. The molecule has 2 heteroatoms. The minimum atomic E-state index is 0.837. The number of hydrogen-bond donors (Lipinski definition) is 1. The molecule has 2 N–H and O–H groups in total. The van der Waals surface area contributed by atoms with E-state index < -0.39 is 0 Å². The van der Waals surface area contributed by atoms with E-state index in [1.54, 1.807) is 11.8 Å². The van der Waals surface area contributed by atoms with Crippen molar-refractivity contribution in [3.8, 4) is 22.3 Å². The fourth-order valence-electron chi connectivity index (χ4n) is 3.21. The van der Waals surface area contributed by atoms with E-state index in [9.17, 15) is 0 Å². The van der Waals surface area contributed by atoms with Gasteiger partial charge >= 0.3 is 0 Å². The predicted octanol–water partition coefficient (Wildman–Crippen LogP) is 6.48. The highest BCUT2D eigenvalue weighted by Gasteiger charge is 2.06. The van der Waals surface area contributed by atoms with Gasteiger partial charge in [0.05, 0.1) is 0 Å². The molecule has 25 heavy (non-hydrogen) atoms. The molecular formula is C23H19NS. The Morgan fingerprint density at radius 1 is 0.680 bits per heavy atom. The van der Waals surface area contributed by atoms with Crippen LogP contribution in [0.25, 0.3) is 33.0 Å². The molecule has 0 fully saturated rings. The van der Waals surface area contributed by atoms with Gasteiger partial charge in [-0.15, -0.1) is 11.8 Å². The van der Waals surface area contributed by atoms with Crippen molar-refractivity contribution in [2.75, 3.05) is 12.0 Å². The molecule has 0 radical (unpaired) electrons. The van der Waals surface area contributed by atoms with Gasteiger partial charge < -0.3 is 5.73 Å². The lowest BCUT2D eigenvalue weighted by Crippen LogP contribution is -1.89. The molecule has 4 aromatic carbocycles. The lowest BCUT2D eigenvalue weighted by atomic mass is 9.96. The highest BCUT2D eigenvalue weighted by atomic mass is 32.2. The Hall–Kier alpha value is -2.71. The molecule has 0 aliphatic rings. The number of nitrogens with two attached hydrogens (primary N) is 1.